The Labute approximate surface area is 145 Å². The number of hydrogen-bond acceptors (Lipinski definition) is 3. The van der Waals surface area contributed by atoms with E-state index in [0.717, 1.165) is 31.4 Å². The van der Waals surface area contributed by atoms with Gasteiger partial charge in [-0.2, -0.15) is 5.10 Å². The molecule has 3 N–H and O–H groups in total. The van der Waals surface area contributed by atoms with E-state index in [1.807, 2.05) is 12.1 Å². The molecule has 1 saturated carbocycles. The monoisotopic (exact) mass is 346 g/mol. The number of nitrogens with zero attached hydrogens (tertiary/aromatic N) is 2. The number of primary amides is 1. The molecule has 0 saturated heterocycles. The molecule has 1 aromatic heterocycles. The Bertz CT molecular complexity index is 741. The van der Waals surface area contributed by atoms with Crippen molar-refractivity contribution in [3.8, 4) is 5.69 Å². The van der Waals surface area contributed by atoms with Gasteiger partial charge in [-0.15, -0.1) is 0 Å². The largest absolute Gasteiger partial charge is 0.369 e. The summed E-state index contributed by atoms with van der Waals surface area (Å²) >= 11 is 5.87. The van der Waals surface area contributed by atoms with Crippen LogP contribution in [0, 0.1) is 5.92 Å². The maximum absolute atomic E-state index is 12.4. The SMILES string of the molecule is NC(=O)[C@@H]1CCCC[C@@H]1NC(=O)c1ccn(-c2ccc(Cl)cc2)n1. The molecule has 1 aliphatic rings. The van der Waals surface area contributed by atoms with Gasteiger partial charge in [0.1, 0.15) is 0 Å². The minimum Gasteiger partial charge on any atom is -0.369 e. The Morgan fingerprint density at radius 3 is 2.58 bits per heavy atom. The third kappa shape index (κ3) is 3.59. The molecule has 24 heavy (non-hydrogen) atoms. The highest BCUT2D eigenvalue weighted by Crippen LogP contribution is 2.24. The van der Waals surface area contributed by atoms with E-state index in [1.165, 1.54) is 0 Å². The van der Waals surface area contributed by atoms with Crippen LogP contribution in [0.4, 0.5) is 0 Å². The van der Waals surface area contributed by atoms with Crippen LogP contribution in [0.25, 0.3) is 5.69 Å². The zero-order valence-corrected chi connectivity index (χ0v) is 13.9. The molecule has 2 atom stereocenters. The normalized spacial score (nSPS) is 20.5. The third-order valence-electron chi connectivity index (χ3n) is 4.36. The van der Waals surface area contributed by atoms with Crippen molar-refractivity contribution in [2.24, 2.45) is 11.7 Å². The van der Waals surface area contributed by atoms with E-state index in [4.69, 9.17) is 17.3 Å². The highest BCUT2D eigenvalue weighted by Gasteiger charge is 2.31. The minimum absolute atomic E-state index is 0.218. The lowest BCUT2D eigenvalue weighted by Gasteiger charge is -2.29. The van der Waals surface area contributed by atoms with Crippen LogP contribution in [0.1, 0.15) is 36.2 Å². The van der Waals surface area contributed by atoms with Gasteiger partial charge in [-0.1, -0.05) is 24.4 Å². The first-order valence-corrected chi connectivity index (χ1v) is 8.34. The van der Waals surface area contributed by atoms with Gasteiger partial charge in [0.2, 0.25) is 5.91 Å². The first kappa shape index (κ1) is 16.5. The van der Waals surface area contributed by atoms with E-state index in [-0.39, 0.29) is 23.8 Å². The van der Waals surface area contributed by atoms with Gasteiger partial charge in [-0.3, -0.25) is 9.59 Å². The number of rotatable bonds is 4. The predicted molar refractivity (Wildman–Crippen MR) is 91.0 cm³/mol. The summed E-state index contributed by atoms with van der Waals surface area (Å²) in [5, 5.41) is 7.83. The standard InChI is InChI=1S/C17H19ClN4O2/c18-11-5-7-12(8-6-11)22-10-9-15(21-22)17(24)20-14-4-2-1-3-13(14)16(19)23/h5-10,13-14H,1-4H2,(H2,19,23)(H,20,24)/t13-,14+/m1/s1. The average molecular weight is 347 g/mol. The number of hydrogen-bond donors (Lipinski definition) is 2. The minimum atomic E-state index is -0.355. The molecule has 0 unspecified atom stereocenters. The summed E-state index contributed by atoms with van der Waals surface area (Å²) in [6.07, 6.45) is 5.14. The van der Waals surface area contributed by atoms with Gasteiger partial charge in [0.25, 0.3) is 5.91 Å². The molecule has 7 heteroatoms. The van der Waals surface area contributed by atoms with Crippen LogP contribution in [-0.2, 0) is 4.79 Å². The first-order chi connectivity index (χ1) is 11.5. The fourth-order valence-corrected chi connectivity index (χ4v) is 3.20. The lowest BCUT2D eigenvalue weighted by atomic mass is 9.84. The van der Waals surface area contributed by atoms with Crippen LogP contribution >= 0.6 is 11.6 Å². The van der Waals surface area contributed by atoms with Gasteiger partial charge in [-0.25, -0.2) is 4.68 Å². The summed E-state index contributed by atoms with van der Waals surface area (Å²) in [4.78, 5) is 24.0. The summed E-state index contributed by atoms with van der Waals surface area (Å²) in [5.41, 5.74) is 6.56. The Hall–Kier alpha value is -2.34. The van der Waals surface area contributed by atoms with Crippen molar-refractivity contribution in [1.82, 2.24) is 15.1 Å². The summed E-state index contributed by atoms with van der Waals surface area (Å²) in [6, 6.07) is 8.59. The van der Waals surface area contributed by atoms with Crippen LogP contribution in [0.3, 0.4) is 0 Å². The van der Waals surface area contributed by atoms with Crippen molar-refractivity contribution < 1.29 is 9.59 Å². The number of benzene rings is 1. The van der Waals surface area contributed by atoms with Crippen molar-refractivity contribution in [2.45, 2.75) is 31.7 Å². The number of amides is 2. The molecule has 0 aliphatic heterocycles. The predicted octanol–water partition coefficient (Wildman–Crippen LogP) is 2.30. The number of carbonyl (C=O) groups is 2. The third-order valence-corrected chi connectivity index (χ3v) is 4.61. The molecule has 2 amide bonds. The fraction of sp³-hybridized carbons (Fsp3) is 0.353. The highest BCUT2D eigenvalue weighted by molar-refractivity contribution is 6.30. The van der Waals surface area contributed by atoms with Crippen molar-refractivity contribution >= 4 is 23.4 Å². The smallest absolute Gasteiger partial charge is 0.272 e. The van der Waals surface area contributed by atoms with E-state index in [9.17, 15) is 9.59 Å². The highest BCUT2D eigenvalue weighted by atomic mass is 35.5. The second-order valence-electron chi connectivity index (χ2n) is 6.00. The Balaban J connectivity index is 1.71. The molecule has 1 aromatic carbocycles. The average Bonchev–Trinajstić information content (AvgIpc) is 3.06. The second kappa shape index (κ2) is 7.05. The van der Waals surface area contributed by atoms with E-state index >= 15 is 0 Å². The molecule has 126 valence electrons. The first-order valence-electron chi connectivity index (χ1n) is 7.96. The summed E-state index contributed by atoms with van der Waals surface area (Å²) in [6.45, 7) is 0. The number of halogens is 1. The molecule has 0 radical (unpaired) electrons. The molecular formula is C17H19ClN4O2. The molecule has 6 nitrogen and oxygen atoms in total. The van der Waals surface area contributed by atoms with E-state index < -0.39 is 0 Å². The van der Waals surface area contributed by atoms with Crippen LogP contribution in [0.15, 0.2) is 36.5 Å². The molecule has 0 spiro atoms. The van der Waals surface area contributed by atoms with Gasteiger partial charge >= 0.3 is 0 Å². The molecule has 1 fully saturated rings. The number of aromatic nitrogens is 2. The van der Waals surface area contributed by atoms with Crippen molar-refractivity contribution in [2.75, 3.05) is 0 Å². The Morgan fingerprint density at radius 1 is 1.17 bits per heavy atom. The zero-order valence-electron chi connectivity index (χ0n) is 13.1. The maximum atomic E-state index is 12.4. The molecule has 1 heterocycles. The summed E-state index contributed by atoms with van der Waals surface area (Å²) in [7, 11) is 0. The van der Waals surface area contributed by atoms with Gasteiger partial charge < -0.3 is 11.1 Å². The quantitative estimate of drug-likeness (QED) is 0.890. The Morgan fingerprint density at radius 2 is 1.88 bits per heavy atom. The van der Waals surface area contributed by atoms with Crippen LogP contribution in [0.5, 0.6) is 0 Å². The van der Waals surface area contributed by atoms with Crippen molar-refractivity contribution in [1.29, 1.82) is 0 Å². The van der Waals surface area contributed by atoms with Crippen LogP contribution in [-0.4, -0.2) is 27.6 Å². The maximum Gasteiger partial charge on any atom is 0.272 e. The van der Waals surface area contributed by atoms with Gasteiger partial charge in [0.05, 0.1) is 11.6 Å². The van der Waals surface area contributed by atoms with Crippen LogP contribution in [0.2, 0.25) is 5.02 Å². The zero-order chi connectivity index (χ0) is 17.1. The molecule has 1 aliphatic carbocycles. The summed E-state index contributed by atoms with van der Waals surface area (Å²) in [5.74, 6) is -0.950. The van der Waals surface area contributed by atoms with Crippen molar-refractivity contribution in [3.05, 3.63) is 47.2 Å². The van der Waals surface area contributed by atoms with Gasteiger partial charge in [0, 0.05) is 17.3 Å². The van der Waals surface area contributed by atoms with E-state index in [1.54, 1.807) is 29.1 Å². The number of nitrogens with one attached hydrogen (secondary N) is 1. The van der Waals surface area contributed by atoms with E-state index in [2.05, 4.69) is 10.4 Å². The second-order valence-corrected chi connectivity index (χ2v) is 6.43. The lowest BCUT2D eigenvalue weighted by Crippen LogP contribution is -2.47. The summed E-state index contributed by atoms with van der Waals surface area (Å²) < 4.78 is 1.61. The number of carbonyl (C=O) groups excluding carboxylic acids is 2. The molecular weight excluding hydrogens is 328 g/mol. The van der Waals surface area contributed by atoms with Gasteiger partial charge in [0.15, 0.2) is 5.69 Å². The molecule has 0 bridgehead atoms. The Kier molecular flexibility index (Phi) is 4.85. The topological polar surface area (TPSA) is 90.0 Å². The van der Waals surface area contributed by atoms with Gasteiger partial charge in [-0.05, 0) is 43.2 Å². The van der Waals surface area contributed by atoms with Crippen molar-refractivity contribution in [3.63, 3.8) is 0 Å². The fourth-order valence-electron chi connectivity index (χ4n) is 3.07. The molecule has 2 aromatic rings. The van der Waals surface area contributed by atoms with E-state index in [0.29, 0.717) is 10.7 Å². The molecule has 3 rings (SSSR count). The number of nitrogens with two attached hydrogens (primary N) is 1. The van der Waals surface area contributed by atoms with Crippen LogP contribution < -0.4 is 11.1 Å². The lowest BCUT2D eigenvalue weighted by molar-refractivity contribution is -0.123.